The Bertz CT molecular complexity index is 1320. The fraction of sp³-hybridized carbons (Fsp3) is 0.100. The summed E-state index contributed by atoms with van der Waals surface area (Å²) in [5.41, 5.74) is 2.78. The average Bonchev–Trinajstić information content (AvgIpc) is 3.40. The Kier molecular flexibility index (Phi) is 4.53. The standard InChI is InChI=1S/C20H16N6OS2/c1-13-11-17(26(24-13)14-7-3-2-4-8-14)21-18(27)12-28-19-22-23-20-25(19)15-9-5-6-10-16(15)29-20/h2-11H,12H2,1H3,(H,21,27). The third kappa shape index (κ3) is 3.39. The number of para-hydroxylation sites is 2. The lowest BCUT2D eigenvalue weighted by Gasteiger charge is -2.08. The zero-order valence-corrected chi connectivity index (χ0v) is 17.1. The number of fused-ring (bicyclic) bond motifs is 3. The van der Waals surface area contributed by atoms with Gasteiger partial charge in [0.1, 0.15) is 5.82 Å². The van der Waals surface area contributed by atoms with Gasteiger partial charge in [-0.2, -0.15) is 5.10 Å². The molecule has 0 atom stereocenters. The number of aryl methyl sites for hydroxylation is 1. The molecule has 0 saturated heterocycles. The van der Waals surface area contributed by atoms with E-state index in [0.717, 1.165) is 26.6 Å². The van der Waals surface area contributed by atoms with E-state index < -0.39 is 0 Å². The third-order valence-corrected chi connectivity index (χ3v) is 6.28. The van der Waals surface area contributed by atoms with Crippen LogP contribution in [0.2, 0.25) is 0 Å². The number of amides is 1. The van der Waals surface area contributed by atoms with Crippen LogP contribution in [0, 0.1) is 6.92 Å². The lowest BCUT2D eigenvalue weighted by molar-refractivity contribution is -0.113. The van der Waals surface area contributed by atoms with Crippen LogP contribution in [-0.2, 0) is 4.79 Å². The number of nitrogens with one attached hydrogen (secondary N) is 1. The zero-order chi connectivity index (χ0) is 19.8. The van der Waals surface area contributed by atoms with Gasteiger partial charge in [0.25, 0.3) is 0 Å². The number of thioether (sulfide) groups is 1. The molecule has 144 valence electrons. The van der Waals surface area contributed by atoms with E-state index >= 15 is 0 Å². The highest BCUT2D eigenvalue weighted by molar-refractivity contribution is 7.99. The molecule has 0 aliphatic heterocycles. The van der Waals surface area contributed by atoms with Crippen LogP contribution in [0.5, 0.6) is 0 Å². The Labute approximate surface area is 174 Å². The quantitative estimate of drug-likeness (QED) is 0.432. The minimum atomic E-state index is -0.122. The van der Waals surface area contributed by atoms with E-state index in [1.54, 1.807) is 16.0 Å². The summed E-state index contributed by atoms with van der Waals surface area (Å²) < 4.78 is 4.88. The molecule has 29 heavy (non-hydrogen) atoms. The summed E-state index contributed by atoms with van der Waals surface area (Å²) in [6.07, 6.45) is 0. The number of carbonyl (C=O) groups is 1. The summed E-state index contributed by atoms with van der Waals surface area (Å²) in [5, 5.41) is 16.6. The Morgan fingerprint density at radius 1 is 1.10 bits per heavy atom. The molecule has 1 N–H and O–H groups in total. The molecule has 7 nitrogen and oxygen atoms in total. The minimum Gasteiger partial charge on any atom is -0.310 e. The second-order valence-corrected chi connectivity index (χ2v) is 8.38. The molecule has 1 amide bonds. The van der Waals surface area contributed by atoms with Crippen molar-refractivity contribution in [3.8, 4) is 5.69 Å². The van der Waals surface area contributed by atoms with E-state index in [4.69, 9.17) is 0 Å². The molecule has 0 aliphatic carbocycles. The van der Waals surface area contributed by atoms with Crippen LogP contribution >= 0.6 is 23.1 Å². The Balaban J connectivity index is 1.34. The average molecular weight is 421 g/mol. The molecule has 0 aliphatic rings. The summed E-state index contributed by atoms with van der Waals surface area (Å²) in [7, 11) is 0. The maximum Gasteiger partial charge on any atom is 0.236 e. The summed E-state index contributed by atoms with van der Waals surface area (Å²) in [4.78, 5) is 13.4. The van der Waals surface area contributed by atoms with Gasteiger partial charge in [-0.05, 0) is 31.2 Å². The number of thiazole rings is 1. The first-order valence-corrected chi connectivity index (χ1v) is 10.8. The number of benzene rings is 2. The van der Waals surface area contributed by atoms with Crippen molar-refractivity contribution in [3.05, 3.63) is 66.4 Å². The van der Waals surface area contributed by atoms with E-state index in [2.05, 4.69) is 26.7 Å². The second-order valence-electron chi connectivity index (χ2n) is 6.43. The van der Waals surface area contributed by atoms with Crippen molar-refractivity contribution in [2.75, 3.05) is 11.1 Å². The van der Waals surface area contributed by atoms with Gasteiger partial charge < -0.3 is 5.32 Å². The van der Waals surface area contributed by atoms with E-state index in [-0.39, 0.29) is 11.7 Å². The molecule has 0 radical (unpaired) electrons. The molecular weight excluding hydrogens is 404 g/mol. The van der Waals surface area contributed by atoms with Crippen molar-refractivity contribution in [2.45, 2.75) is 12.1 Å². The Hall–Kier alpha value is -3.17. The number of hydrogen-bond acceptors (Lipinski definition) is 6. The van der Waals surface area contributed by atoms with E-state index in [0.29, 0.717) is 11.0 Å². The number of aromatic nitrogens is 5. The molecule has 9 heteroatoms. The molecule has 0 saturated carbocycles. The van der Waals surface area contributed by atoms with E-state index in [1.165, 1.54) is 11.8 Å². The summed E-state index contributed by atoms with van der Waals surface area (Å²) in [6, 6.07) is 19.7. The van der Waals surface area contributed by atoms with Crippen molar-refractivity contribution in [1.29, 1.82) is 0 Å². The van der Waals surface area contributed by atoms with Crippen LogP contribution in [0.3, 0.4) is 0 Å². The van der Waals surface area contributed by atoms with Gasteiger partial charge in [-0.25, -0.2) is 4.68 Å². The lowest BCUT2D eigenvalue weighted by atomic mass is 10.3. The fourth-order valence-corrected chi connectivity index (χ4v) is 4.88. The van der Waals surface area contributed by atoms with Gasteiger partial charge in [-0.15, -0.1) is 10.2 Å². The number of rotatable bonds is 5. The van der Waals surface area contributed by atoms with Crippen molar-refractivity contribution in [1.82, 2.24) is 24.4 Å². The van der Waals surface area contributed by atoms with Crippen LogP contribution in [0.25, 0.3) is 20.9 Å². The summed E-state index contributed by atoms with van der Waals surface area (Å²) in [6.45, 7) is 1.90. The zero-order valence-electron chi connectivity index (χ0n) is 15.4. The molecule has 5 aromatic rings. The van der Waals surface area contributed by atoms with Crippen LogP contribution in [0.4, 0.5) is 5.82 Å². The van der Waals surface area contributed by atoms with Crippen LogP contribution < -0.4 is 5.32 Å². The largest absolute Gasteiger partial charge is 0.310 e. The Morgan fingerprint density at radius 3 is 2.76 bits per heavy atom. The first-order valence-electron chi connectivity index (χ1n) is 8.96. The fourth-order valence-electron chi connectivity index (χ4n) is 3.11. The molecule has 0 bridgehead atoms. The topological polar surface area (TPSA) is 77.1 Å². The van der Waals surface area contributed by atoms with Gasteiger partial charge in [0, 0.05) is 6.07 Å². The van der Waals surface area contributed by atoms with Gasteiger partial charge in [-0.1, -0.05) is 53.4 Å². The number of nitrogens with zero attached hydrogens (tertiary/aromatic N) is 5. The number of hydrogen-bond donors (Lipinski definition) is 1. The molecule has 3 heterocycles. The highest BCUT2D eigenvalue weighted by Gasteiger charge is 2.15. The van der Waals surface area contributed by atoms with Crippen LogP contribution in [-0.4, -0.2) is 36.0 Å². The van der Waals surface area contributed by atoms with Crippen molar-refractivity contribution in [3.63, 3.8) is 0 Å². The predicted molar refractivity (Wildman–Crippen MR) is 116 cm³/mol. The highest BCUT2D eigenvalue weighted by atomic mass is 32.2. The van der Waals surface area contributed by atoms with Crippen LogP contribution in [0.15, 0.2) is 65.8 Å². The summed E-state index contributed by atoms with van der Waals surface area (Å²) in [5.74, 6) is 0.749. The normalized spacial score (nSPS) is 11.3. The number of carbonyl (C=O) groups excluding carboxylic acids is 1. The maximum absolute atomic E-state index is 12.6. The lowest BCUT2D eigenvalue weighted by Crippen LogP contribution is -2.17. The molecule has 3 aromatic heterocycles. The first kappa shape index (κ1) is 17.9. The van der Waals surface area contributed by atoms with Gasteiger partial charge in [0.05, 0.1) is 27.4 Å². The molecule has 0 unspecified atom stereocenters. The molecule has 5 rings (SSSR count). The van der Waals surface area contributed by atoms with Crippen molar-refractivity contribution in [2.24, 2.45) is 0 Å². The molecular formula is C20H16N6OS2. The monoisotopic (exact) mass is 420 g/mol. The van der Waals surface area contributed by atoms with Crippen molar-refractivity contribution >= 4 is 50.0 Å². The Morgan fingerprint density at radius 2 is 1.90 bits per heavy atom. The third-order valence-electron chi connectivity index (χ3n) is 4.34. The number of anilines is 1. The van der Waals surface area contributed by atoms with Gasteiger partial charge in [-0.3, -0.25) is 9.20 Å². The SMILES string of the molecule is Cc1cc(NC(=O)CSc2nnc3sc4ccccc4n23)n(-c2ccccc2)n1. The molecule has 0 fully saturated rings. The van der Waals surface area contributed by atoms with E-state index in [1.807, 2.05) is 65.9 Å². The van der Waals surface area contributed by atoms with Gasteiger partial charge in [0.2, 0.25) is 10.9 Å². The molecule has 0 spiro atoms. The predicted octanol–water partition coefficient (Wildman–Crippen LogP) is 4.17. The van der Waals surface area contributed by atoms with Gasteiger partial charge in [0.15, 0.2) is 5.16 Å². The second kappa shape index (κ2) is 7.34. The first-order chi connectivity index (χ1) is 14.2. The maximum atomic E-state index is 12.6. The van der Waals surface area contributed by atoms with E-state index in [9.17, 15) is 4.79 Å². The van der Waals surface area contributed by atoms with Crippen LogP contribution in [0.1, 0.15) is 5.69 Å². The molecule has 2 aromatic carbocycles. The minimum absolute atomic E-state index is 0.122. The van der Waals surface area contributed by atoms with Gasteiger partial charge >= 0.3 is 0 Å². The smallest absolute Gasteiger partial charge is 0.236 e. The summed E-state index contributed by atoms with van der Waals surface area (Å²) >= 11 is 2.95. The van der Waals surface area contributed by atoms with Crippen molar-refractivity contribution < 1.29 is 4.79 Å². The highest BCUT2D eigenvalue weighted by Crippen LogP contribution is 2.29.